The molecule has 2 nitrogen and oxygen atoms in total. The predicted octanol–water partition coefficient (Wildman–Crippen LogP) is 2.74. The van der Waals surface area contributed by atoms with E-state index in [0.717, 1.165) is 12.2 Å². The molecule has 0 aromatic carbocycles. The lowest BCUT2D eigenvalue weighted by Crippen LogP contribution is -2.09. The zero-order valence-corrected chi connectivity index (χ0v) is 9.00. The lowest BCUT2D eigenvalue weighted by molar-refractivity contribution is 0.0903. The normalized spacial score (nSPS) is 20.8. The smallest absolute Gasteiger partial charge is 0.141 e. The molecule has 16 heavy (non-hydrogen) atoms. The molecule has 0 N–H and O–H groups in total. The Hall–Kier alpha value is -1.12. The van der Waals surface area contributed by atoms with Crippen molar-refractivity contribution in [2.24, 2.45) is 0 Å². The molecule has 0 amide bonds. The summed E-state index contributed by atoms with van der Waals surface area (Å²) in [5.41, 5.74) is 0. The van der Waals surface area contributed by atoms with Gasteiger partial charge >= 0.3 is 0 Å². The number of allylic oxidation sites excluding steroid dienone is 4. The zero-order valence-electron chi connectivity index (χ0n) is 9.00. The van der Waals surface area contributed by atoms with Gasteiger partial charge in [-0.2, -0.15) is 0 Å². The van der Waals surface area contributed by atoms with Gasteiger partial charge in [-0.05, 0) is 24.3 Å². The summed E-state index contributed by atoms with van der Waals surface area (Å²) in [6.07, 6.45) is 21.2. The van der Waals surface area contributed by atoms with E-state index in [-0.39, 0.29) is 0 Å². The summed E-state index contributed by atoms with van der Waals surface area (Å²) in [6.45, 7) is 1.11. The van der Waals surface area contributed by atoms with E-state index >= 15 is 0 Å². The molecule has 0 fully saturated rings. The second-order valence-electron chi connectivity index (χ2n) is 3.32. The van der Waals surface area contributed by atoms with E-state index in [1.165, 1.54) is 0 Å². The quantitative estimate of drug-likeness (QED) is 0.655. The lowest BCUT2D eigenvalue weighted by Gasteiger charge is -2.13. The van der Waals surface area contributed by atoms with Gasteiger partial charge in [-0.25, -0.2) is 0 Å². The Balaban J connectivity index is 1.57. The number of rotatable bonds is 5. The van der Waals surface area contributed by atoms with Gasteiger partial charge in [0.05, 0.1) is 13.2 Å². The second-order valence-corrected chi connectivity index (χ2v) is 3.32. The second kappa shape index (κ2) is 6.46. The molecule has 0 aliphatic heterocycles. The Morgan fingerprint density at radius 1 is 0.625 bits per heavy atom. The van der Waals surface area contributed by atoms with Crippen LogP contribution < -0.4 is 0 Å². The molecule has 0 heterocycles. The first kappa shape index (κ1) is 11.4. The number of ether oxygens (including phenoxy) is 2. The minimum absolute atomic E-state index is 0.554. The van der Waals surface area contributed by atoms with E-state index in [9.17, 15) is 0 Å². The van der Waals surface area contributed by atoms with Crippen molar-refractivity contribution < 1.29 is 9.47 Å². The predicted molar refractivity (Wildman–Crippen MR) is 63.6 cm³/mol. The Kier molecular flexibility index (Phi) is 4.59. The van der Waals surface area contributed by atoms with Crippen LogP contribution in [0.2, 0.25) is 0 Å². The summed E-state index contributed by atoms with van der Waals surface area (Å²) < 4.78 is 11.0. The highest BCUT2D eigenvalue weighted by Gasteiger charge is 2.07. The highest BCUT2D eigenvalue weighted by atomic mass is 16.5. The summed E-state index contributed by atoms with van der Waals surface area (Å²) in [5.74, 6) is 0. The van der Waals surface area contributed by atoms with Gasteiger partial charge in [-0.1, -0.05) is 24.3 Å². The maximum atomic E-state index is 5.50. The molecule has 4 radical (unpaired) electrons. The first-order valence-corrected chi connectivity index (χ1v) is 5.31. The third-order valence-electron chi connectivity index (χ3n) is 2.11. The van der Waals surface area contributed by atoms with Gasteiger partial charge < -0.3 is 9.47 Å². The molecule has 2 heteroatoms. The van der Waals surface area contributed by atoms with Gasteiger partial charge in [-0.15, -0.1) is 0 Å². The van der Waals surface area contributed by atoms with Crippen LogP contribution in [-0.2, 0) is 9.47 Å². The number of hydrogen-bond donors (Lipinski definition) is 0. The van der Waals surface area contributed by atoms with Crippen molar-refractivity contribution in [3.8, 4) is 0 Å². The van der Waals surface area contributed by atoms with Crippen LogP contribution in [0.1, 0.15) is 0 Å². The topological polar surface area (TPSA) is 18.5 Å². The van der Waals surface area contributed by atoms with Crippen LogP contribution in [0.4, 0.5) is 0 Å². The third-order valence-corrected chi connectivity index (χ3v) is 2.11. The van der Waals surface area contributed by atoms with Crippen molar-refractivity contribution in [2.75, 3.05) is 13.2 Å². The first-order valence-electron chi connectivity index (χ1n) is 5.31. The molecule has 0 aromatic rings. The van der Waals surface area contributed by atoms with Crippen molar-refractivity contribution >= 4 is 0 Å². The molecule has 2 aliphatic carbocycles. The van der Waals surface area contributed by atoms with Crippen LogP contribution in [-0.4, -0.2) is 13.2 Å². The highest BCUT2D eigenvalue weighted by molar-refractivity contribution is 5.29. The van der Waals surface area contributed by atoms with E-state index in [2.05, 4.69) is 0 Å². The molecule has 2 aliphatic rings. The maximum Gasteiger partial charge on any atom is 0.141 e. The molecule has 0 saturated heterocycles. The third kappa shape index (κ3) is 3.80. The van der Waals surface area contributed by atoms with E-state index in [0.29, 0.717) is 13.2 Å². The van der Waals surface area contributed by atoms with E-state index in [1.54, 1.807) is 0 Å². The van der Waals surface area contributed by atoms with Crippen LogP contribution in [0.5, 0.6) is 0 Å². The largest absolute Gasteiger partial charge is 0.361 e. The standard InChI is InChI=1S/C14H14O2/c1-3-7-13(8-4-1)15-11-12-16-14-9-5-2-6-10-14/h1-10H,11-12H2. The average Bonchev–Trinajstić information content (AvgIpc) is 2.37. The summed E-state index contributed by atoms with van der Waals surface area (Å²) in [7, 11) is 0. The minimum Gasteiger partial charge on any atom is -0.361 e. The van der Waals surface area contributed by atoms with Gasteiger partial charge in [0.2, 0.25) is 0 Å². The molecular formula is C14H14O2. The van der Waals surface area contributed by atoms with Crippen LogP contribution in [0.3, 0.4) is 0 Å². The average molecular weight is 214 g/mol. The van der Waals surface area contributed by atoms with E-state index in [4.69, 9.17) is 9.47 Å². The van der Waals surface area contributed by atoms with Crippen LogP contribution in [0.15, 0.2) is 48.6 Å². The maximum absolute atomic E-state index is 5.50. The summed E-state index contributed by atoms with van der Waals surface area (Å²) >= 11 is 0. The Morgan fingerprint density at radius 2 is 1.00 bits per heavy atom. The van der Waals surface area contributed by atoms with Gasteiger partial charge in [0.1, 0.15) is 12.2 Å². The van der Waals surface area contributed by atoms with Gasteiger partial charge in [-0.3, -0.25) is 0 Å². The molecule has 0 unspecified atom stereocenters. The summed E-state index contributed by atoms with van der Waals surface area (Å²) in [6, 6.07) is 0. The molecule has 0 aromatic heterocycles. The molecule has 0 bridgehead atoms. The molecule has 2 rings (SSSR count). The molecule has 82 valence electrons. The zero-order chi connectivity index (χ0) is 11.1. The van der Waals surface area contributed by atoms with Crippen molar-refractivity contribution in [3.63, 3.8) is 0 Å². The van der Waals surface area contributed by atoms with E-state index < -0.39 is 0 Å². The summed E-state index contributed by atoms with van der Waals surface area (Å²) in [5, 5.41) is 0. The van der Waals surface area contributed by atoms with E-state index in [1.807, 2.05) is 61.4 Å². The Morgan fingerprint density at radius 3 is 1.38 bits per heavy atom. The van der Waals surface area contributed by atoms with Gasteiger partial charge in [0, 0.05) is 12.8 Å². The molecule has 0 spiro atoms. The lowest BCUT2D eigenvalue weighted by atomic mass is 10.2. The fraction of sp³-hybridized carbons (Fsp3) is 0.143. The molecule has 0 saturated carbocycles. The molecule has 0 atom stereocenters. The van der Waals surface area contributed by atoms with Crippen molar-refractivity contribution in [3.05, 3.63) is 73.7 Å². The van der Waals surface area contributed by atoms with Gasteiger partial charge in [0.25, 0.3) is 0 Å². The monoisotopic (exact) mass is 214 g/mol. The minimum atomic E-state index is 0.554. The SMILES string of the molecule is [CH]1C=C[C](OCCO[C]2C=C[CH]C=C2)C=C1. The molecular weight excluding hydrogens is 200 g/mol. The van der Waals surface area contributed by atoms with Crippen molar-refractivity contribution in [1.82, 2.24) is 0 Å². The number of hydrogen-bond acceptors (Lipinski definition) is 2. The summed E-state index contributed by atoms with van der Waals surface area (Å²) in [4.78, 5) is 0. The highest BCUT2D eigenvalue weighted by Crippen LogP contribution is 2.14. The fourth-order valence-electron chi connectivity index (χ4n) is 1.35. The van der Waals surface area contributed by atoms with Crippen LogP contribution in [0.25, 0.3) is 0 Å². The van der Waals surface area contributed by atoms with Crippen LogP contribution in [0, 0.1) is 25.0 Å². The Labute approximate surface area is 96.9 Å². The Bertz CT molecular complexity index is 257. The fourth-order valence-corrected chi connectivity index (χ4v) is 1.35. The van der Waals surface area contributed by atoms with Crippen molar-refractivity contribution in [2.45, 2.75) is 0 Å². The van der Waals surface area contributed by atoms with Gasteiger partial charge in [0.15, 0.2) is 0 Å². The van der Waals surface area contributed by atoms with Crippen molar-refractivity contribution in [1.29, 1.82) is 0 Å². The van der Waals surface area contributed by atoms with Crippen LogP contribution >= 0.6 is 0 Å². The first-order chi connectivity index (χ1) is 7.95.